The van der Waals surface area contributed by atoms with Gasteiger partial charge >= 0.3 is 0 Å². The van der Waals surface area contributed by atoms with Gasteiger partial charge in [0.05, 0.1) is 18.0 Å². The SMILES string of the molecule is Cc1cnc(C(=O)NC[C@H]2C[C@@]3(C)[C@@H](O)CCCC[C@H]3N2)cn1. The highest BCUT2D eigenvalue weighted by Gasteiger charge is 2.48. The highest BCUT2D eigenvalue weighted by Crippen LogP contribution is 2.43. The van der Waals surface area contributed by atoms with Crippen molar-refractivity contribution in [3.05, 3.63) is 23.8 Å². The highest BCUT2D eigenvalue weighted by atomic mass is 16.3. The molecule has 3 rings (SSSR count). The molecule has 1 aromatic heterocycles. The van der Waals surface area contributed by atoms with Crippen LogP contribution in [0, 0.1) is 12.3 Å². The van der Waals surface area contributed by atoms with E-state index in [-0.39, 0.29) is 23.5 Å². The number of aryl methyl sites for hydroxylation is 1. The van der Waals surface area contributed by atoms with Gasteiger partial charge in [0, 0.05) is 30.2 Å². The predicted octanol–water partition coefficient (Wildman–Crippen LogP) is 1.19. The Kier molecular flexibility index (Phi) is 4.64. The van der Waals surface area contributed by atoms with Crippen molar-refractivity contribution in [3.63, 3.8) is 0 Å². The molecular weight excluding hydrogens is 292 g/mol. The van der Waals surface area contributed by atoms with Gasteiger partial charge in [0.15, 0.2) is 0 Å². The van der Waals surface area contributed by atoms with E-state index in [0.29, 0.717) is 18.3 Å². The number of nitrogens with zero attached hydrogens (tertiary/aromatic N) is 2. The van der Waals surface area contributed by atoms with Crippen LogP contribution in [-0.4, -0.2) is 45.7 Å². The molecule has 6 heteroatoms. The van der Waals surface area contributed by atoms with E-state index in [1.807, 2.05) is 6.92 Å². The van der Waals surface area contributed by atoms with Crippen LogP contribution >= 0.6 is 0 Å². The molecule has 0 aromatic carbocycles. The molecule has 1 saturated heterocycles. The summed E-state index contributed by atoms with van der Waals surface area (Å²) in [6.45, 7) is 4.56. The molecule has 3 N–H and O–H groups in total. The number of nitrogens with one attached hydrogen (secondary N) is 2. The molecule has 1 saturated carbocycles. The maximum atomic E-state index is 12.1. The van der Waals surface area contributed by atoms with E-state index in [2.05, 4.69) is 27.5 Å². The molecule has 23 heavy (non-hydrogen) atoms. The molecule has 2 aliphatic rings. The summed E-state index contributed by atoms with van der Waals surface area (Å²) >= 11 is 0. The second-order valence-corrected chi connectivity index (χ2v) is 7.18. The maximum absolute atomic E-state index is 12.1. The third-order valence-corrected chi connectivity index (χ3v) is 5.42. The van der Waals surface area contributed by atoms with Crippen LogP contribution < -0.4 is 10.6 Å². The van der Waals surface area contributed by atoms with Gasteiger partial charge in [-0.2, -0.15) is 0 Å². The quantitative estimate of drug-likeness (QED) is 0.779. The van der Waals surface area contributed by atoms with Crippen LogP contribution in [0.1, 0.15) is 55.2 Å². The smallest absolute Gasteiger partial charge is 0.271 e. The normalized spacial score (nSPS) is 33.8. The number of fused-ring (bicyclic) bond motifs is 1. The molecule has 0 unspecified atom stereocenters. The van der Waals surface area contributed by atoms with Crippen molar-refractivity contribution < 1.29 is 9.90 Å². The molecule has 1 aliphatic heterocycles. The summed E-state index contributed by atoms with van der Waals surface area (Å²) in [5.41, 5.74) is 1.05. The fraction of sp³-hybridized carbons (Fsp3) is 0.706. The number of aliphatic hydroxyl groups excluding tert-OH is 1. The van der Waals surface area contributed by atoms with Crippen LogP contribution in [0.3, 0.4) is 0 Å². The molecule has 1 aliphatic carbocycles. The first-order valence-electron chi connectivity index (χ1n) is 8.50. The Balaban J connectivity index is 1.57. The molecule has 0 radical (unpaired) electrons. The van der Waals surface area contributed by atoms with Crippen molar-refractivity contribution in [1.82, 2.24) is 20.6 Å². The third kappa shape index (κ3) is 3.38. The fourth-order valence-corrected chi connectivity index (χ4v) is 3.95. The van der Waals surface area contributed by atoms with Crippen molar-refractivity contribution in [2.24, 2.45) is 5.41 Å². The molecule has 0 bridgehead atoms. The van der Waals surface area contributed by atoms with Gasteiger partial charge in [-0.1, -0.05) is 19.8 Å². The topological polar surface area (TPSA) is 87.1 Å². The molecule has 1 aromatic rings. The molecule has 4 atom stereocenters. The summed E-state index contributed by atoms with van der Waals surface area (Å²) in [6, 6.07) is 0.529. The summed E-state index contributed by atoms with van der Waals surface area (Å²) in [6.07, 6.45) is 7.96. The van der Waals surface area contributed by atoms with E-state index >= 15 is 0 Å². The van der Waals surface area contributed by atoms with E-state index in [1.165, 1.54) is 6.20 Å². The van der Waals surface area contributed by atoms with Gasteiger partial charge < -0.3 is 15.7 Å². The summed E-state index contributed by atoms with van der Waals surface area (Å²) in [5, 5.41) is 17.0. The Morgan fingerprint density at radius 3 is 2.91 bits per heavy atom. The van der Waals surface area contributed by atoms with Crippen LogP contribution in [0.5, 0.6) is 0 Å². The van der Waals surface area contributed by atoms with E-state index in [9.17, 15) is 9.90 Å². The number of hydrogen-bond donors (Lipinski definition) is 3. The molecular formula is C17H26N4O2. The zero-order chi connectivity index (χ0) is 16.4. The number of aliphatic hydroxyl groups is 1. The predicted molar refractivity (Wildman–Crippen MR) is 87.0 cm³/mol. The van der Waals surface area contributed by atoms with Crippen molar-refractivity contribution in [2.45, 2.75) is 64.1 Å². The Labute approximate surface area is 137 Å². The van der Waals surface area contributed by atoms with Gasteiger partial charge in [-0.25, -0.2) is 4.98 Å². The van der Waals surface area contributed by atoms with Crippen molar-refractivity contribution in [1.29, 1.82) is 0 Å². The fourth-order valence-electron chi connectivity index (χ4n) is 3.95. The lowest BCUT2D eigenvalue weighted by molar-refractivity contribution is 0.0281. The number of hydrogen-bond acceptors (Lipinski definition) is 5. The Morgan fingerprint density at radius 1 is 1.39 bits per heavy atom. The van der Waals surface area contributed by atoms with Gasteiger partial charge in [0.1, 0.15) is 5.69 Å². The summed E-state index contributed by atoms with van der Waals surface area (Å²) in [4.78, 5) is 20.3. The first-order valence-corrected chi connectivity index (χ1v) is 8.50. The van der Waals surface area contributed by atoms with Gasteiger partial charge in [-0.3, -0.25) is 9.78 Å². The lowest BCUT2D eigenvalue weighted by atomic mass is 9.75. The van der Waals surface area contributed by atoms with Gasteiger partial charge in [0.2, 0.25) is 0 Å². The number of carbonyl (C=O) groups excluding carboxylic acids is 1. The van der Waals surface area contributed by atoms with Crippen molar-refractivity contribution in [3.8, 4) is 0 Å². The number of aromatic nitrogens is 2. The van der Waals surface area contributed by atoms with Crippen LogP contribution in [0.4, 0.5) is 0 Å². The zero-order valence-corrected chi connectivity index (χ0v) is 13.9. The molecule has 2 fully saturated rings. The van der Waals surface area contributed by atoms with Crippen molar-refractivity contribution in [2.75, 3.05) is 6.54 Å². The van der Waals surface area contributed by atoms with E-state index < -0.39 is 0 Å². The Bertz CT molecular complexity index is 562. The standard InChI is InChI=1S/C17H26N4O2/c1-11-8-19-13(10-18-11)16(23)20-9-12-7-17(2)14(21-12)5-3-4-6-15(17)22/h8,10,12,14-15,21-22H,3-7,9H2,1-2H3,(H,20,23)/t12-,14-,15+,17-/m1/s1. The van der Waals surface area contributed by atoms with Crippen LogP contribution in [0.15, 0.2) is 12.4 Å². The first-order chi connectivity index (χ1) is 11.0. The third-order valence-electron chi connectivity index (χ3n) is 5.42. The molecule has 2 heterocycles. The zero-order valence-electron chi connectivity index (χ0n) is 13.9. The van der Waals surface area contributed by atoms with Crippen LogP contribution in [0.25, 0.3) is 0 Å². The minimum atomic E-state index is -0.258. The lowest BCUT2D eigenvalue weighted by Crippen LogP contribution is -2.43. The summed E-state index contributed by atoms with van der Waals surface area (Å²) in [5.74, 6) is -0.197. The molecule has 126 valence electrons. The van der Waals surface area contributed by atoms with E-state index in [4.69, 9.17) is 0 Å². The minimum absolute atomic E-state index is 0.0877. The number of rotatable bonds is 3. The first kappa shape index (κ1) is 16.3. The summed E-state index contributed by atoms with van der Waals surface area (Å²) < 4.78 is 0. The molecule has 0 spiro atoms. The molecule has 1 amide bonds. The van der Waals surface area contributed by atoms with Crippen molar-refractivity contribution >= 4 is 5.91 Å². The summed E-state index contributed by atoms with van der Waals surface area (Å²) in [7, 11) is 0. The largest absolute Gasteiger partial charge is 0.392 e. The average Bonchev–Trinajstić information content (AvgIpc) is 2.80. The van der Waals surface area contributed by atoms with Gasteiger partial charge in [0.25, 0.3) is 5.91 Å². The second kappa shape index (κ2) is 6.53. The number of carbonyl (C=O) groups is 1. The Hall–Kier alpha value is -1.53. The number of amides is 1. The van der Waals surface area contributed by atoms with E-state index in [1.54, 1.807) is 6.20 Å². The minimum Gasteiger partial charge on any atom is -0.392 e. The van der Waals surface area contributed by atoms with Gasteiger partial charge in [-0.15, -0.1) is 0 Å². The highest BCUT2D eigenvalue weighted by molar-refractivity contribution is 5.91. The van der Waals surface area contributed by atoms with Gasteiger partial charge in [-0.05, 0) is 26.2 Å². The maximum Gasteiger partial charge on any atom is 0.271 e. The monoisotopic (exact) mass is 318 g/mol. The lowest BCUT2D eigenvalue weighted by Gasteiger charge is -2.33. The second-order valence-electron chi connectivity index (χ2n) is 7.18. The average molecular weight is 318 g/mol. The van der Waals surface area contributed by atoms with Crippen LogP contribution in [0.2, 0.25) is 0 Å². The Morgan fingerprint density at radius 2 is 2.17 bits per heavy atom. The molecule has 6 nitrogen and oxygen atoms in total. The van der Waals surface area contributed by atoms with E-state index in [0.717, 1.165) is 37.8 Å². The van der Waals surface area contributed by atoms with Crippen LogP contribution in [-0.2, 0) is 0 Å².